The molecule has 0 radical (unpaired) electrons. The summed E-state index contributed by atoms with van der Waals surface area (Å²) >= 11 is 1.39. The van der Waals surface area contributed by atoms with Crippen molar-refractivity contribution >= 4 is 29.1 Å². The van der Waals surface area contributed by atoms with Crippen molar-refractivity contribution in [3.63, 3.8) is 0 Å². The van der Waals surface area contributed by atoms with E-state index in [2.05, 4.69) is 0 Å². The Kier molecular flexibility index (Phi) is 8.14. The fraction of sp³-hybridized carbons (Fsp3) is 0.571. The van der Waals surface area contributed by atoms with Gasteiger partial charge in [0.25, 0.3) is 0 Å². The number of benzene rings is 1. The Hall–Kier alpha value is -2.93. The number of ketones is 1. The van der Waals surface area contributed by atoms with Gasteiger partial charge in [0.05, 0.1) is 18.3 Å². The molecule has 10 atom stereocenters. The molecule has 3 fully saturated rings. The quantitative estimate of drug-likeness (QED) is 0.269. The van der Waals surface area contributed by atoms with Crippen LogP contribution in [0.4, 0.5) is 0 Å². The number of rotatable bonds is 6. The Morgan fingerprint density at radius 2 is 1.76 bits per heavy atom. The molecule has 2 heterocycles. The standard InChI is InChI=1S/C35H42O10S/c1-18-21(44-31(40)25(36)19(2)22-12-9-15-46-22)16-35(42)29(45-30(39)20-10-7-6-8-11-20)27-33(5,14-13-23-34(27,41)17-43-23)28(38)26(37)24(18)32(35,3)4/h6-12,15,19,21,23,25-27,29,36-37,41-42H,13-14,16-17H2,1-5H3/t19?,21?,23?,25?,26?,27?,29?,33-,34+,35?/m1/s1. The zero-order chi connectivity index (χ0) is 33.4. The van der Waals surface area contributed by atoms with Gasteiger partial charge in [0.1, 0.15) is 29.5 Å². The third-order valence-electron chi connectivity index (χ3n) is 11.5. The van der Waals surface area contributed by atoms with Gasteiger partial charge in [-0.05, 0) is 54.5 Å². The molecule has 4 N–H and O–H groups in total. The number of Topliss-reactive ketones (excluding diaryl/α,β-unsaturated/α-hetero) is 1. The summed E-state index contributed by atoms with van der Waals surface area (Å²) in [5.41, 5.74) is -5.81. The van der Waals surface area contributed by atoms with E-state index >= 15 is 0 Å². The Morgan fingerprint density at radius 1 is 1.07 bits per heavy atom. The number of esters is 2. The van der Waals surface area contributed by atoms with Crippen molar-refractivity contribution in [1.82, 2.24) is 0 Å². The molecular weight excluding hydrogens is 612 g/mol. The van der Waals surface area contributed by atoms with E-state index in [1.54, 1.807) is 71.0 Å². The first-order valence-corrected chi connectivity index (χ1v) is 16.6. The molecule has 46 heavy (non-hydrogen) atoms. The van der Waals surface area contributed by atoms with E-state index in [4.69, 9.17) is 14.2 Å². The number of ether oxygens (including phenoxy) is 3. The molecular formula is C35H42O10S. The molecule has 2 saturated carbocycles. The summed E-state index contributed by atoms with van der Waals surface area (Å²) < 4.78 is 17.9. The van der Waals surface area contributed by atoms with E-state index in [1.165, 1.54) is 11.3 Å². The maximum Gasteiger partial charge on any atom is 0.338 e. The lowest BCUT2D eigenvalue weighted by Gasteiger charge is -2.66. The molecule has 3 aliphatic carbocycles. The Labute approximate surface area is 272 Å². The predicted octanol–water partition coefficient (Wildman–Crippen LogP) is 3.32. The van der Waals surface area contributed by atoms with Crippen molar-refractivity contribution in [3.05, 3.63) is 69.4 Å². The normalized spacial score (nSPS) is 37.8. The molecule has 0 spiro atoms. The lowest BCUT2D eigenvalue weighted by molar-refractivity contribution is -0.329. The molecule has 1 aliphatic heterocycles. The number of aliphatic hydroxyl groups is 4. The first-order valence-electron chi connectivity index (χ1n) is 15.8. The van der Waals surface area contributed by atoms with E-state index < -0.39 is 82.1 Å². The van der Waals surface area contributed by atoms with Crippen LogP contribution in [0.25, 0.3) is 0 Å². The third-order valence-corrected chi connectivity index (χ3v) is 12.5. The Morgan fingerprint density at radius 3 is 2.37 bits per heavy atom. The molecule has 0 amide bonds. The number of aliphatic hydroxyl groups excluding tert-OH is 2. The topological polar surface area (TPSA) is 160 Å². The SMILES string of the molecule is CC1=C2C(O)C(=O)[C@]3(C)CCC4OC[C@@]4(O)C3C(OC(=O)c3ccccc3)C(O)(CC1OC(=O)C(O)C(C)c1cccs1)C2(C)C. The second-order valence-electron chi connectivity index (χ2n) is 14.2. The summed E-state index contributed by atoms with van der Waals surface area (Å²) in [5.74, 6) is -4.03. The Balaban J connectivity index is 1.48. The Bertz CT molecular complexity index is 1550. The van der Waals surface area contributed by atoms with Gasteiger partial charge in [-0.1, -0.05) is 52.0 Å². The lowest BCUT2D eigenvalue weighted by atomic mass is 9.45. The fourth-order valence-electron chi connectivity index (χ4n) is 8.52. The average Bonchev–Trinajstić information content (AvgIpc) is 3.56. The van der Waals surface area contributed by atoms with Gasteiger partial charge in [-0.2, -0.15) is 0 Å². The minimum absolute atomic E-state index is 0.149. The van der Waals surface area contributed by atoms with Crippen molar-refractivity contribution in [2.45, 2.75) is 102 Å². The highest BCUT2D eigenvalue weighted by molar-refractivity contribution is 7.10. The van der Waals surface area contributed by atoms with Crippen molar-refractivity contribution in [1.29, 1.82) is 0 Å². The van der Waals surface area contributed by atoms with Crippen LogP contribution in [0.1, 0.15) is 75.0 Å². The third kappa shape index (κ3) is 4.73. The molecule has 8 unspecified atom stereocenters. The number of thiophene rings is 1. The zero-order valence-corrected chi connectivity index (χ0v) is 27.5. The van der Waals surface area contributed by atoms with Gasteiger partial charge >= 0.3 is 11.9 Å². The number of hydrogen-bond donors (Lipinski definition) is 4. The summed E-state index contributed by atoms with van der Waals surface area (Å²) in [6.45, 7) is 8.14. The predicted molar refractivity (Wildman–Crippen MR) is 167 cm³/mol. The summed E-state index contributed by atoms with van der Waals surface area (Å²) in [7, 11) is 0. The maximum atomic E-state index is 14.5. The van der Waals surface area contributed by atoms with Gasteiger partial charge in [0.2, 0.25) is 0 Å². The van der Waals surface area contributed by atoms with Crippen LogP contribution >= 0.6 is 11.3 Å². The first kappa shape index (κ1) is 33.0. The maximum absolute atomic E-state index is 14.5. The lowest BCUT2D eigenvalue weighted by Crippen LogP contribution is -2.78. The minimum Gasteiger partial charge on any atom is -0.456 e. The summed E-state index contributed by atoms with van der Waals surface area (Å²) in [6.07, 6.45) is -6.33. The molecule has 6 rings (SSSR count). The number of carbonyl (C=O) groups excluding carboxylic acids is 3. The largest absolute Gasteiger partial charge is 0.456 e. The van der Waals surface area contributed by atoms with E-state index in [0.717, 1.165) is 4.88 Å². The highest BCUT2D eigenvalue weighted by atomic mass is 32.1. The van der Waals surface area contributed by atoms with Gasteiger partial charge in [-0.3, -0.25) is 4.79 Å². The van der Waals surface area contributed by atoms with Crippen molar-refractivity contribution in [2.24, 2.45) is 16.7 Å². The van der Waals surface area contributed by atoms with Crippen LogP contribution in [0.3, 0.4) is 0 Å². The second-order valence-corrected chi connectivity index (χ2v) is 15.2. The van der Waals surface area contributed by atoms with Gasteiger partial charge in [-0.25, -0.2) is 9.59 Å². The number of hydrogen-bond acceptors (Lipinski definition) is 11. The molecule has 4 aliphatic rings. The van der Waals surface area contributed by atoms with Crippen LogP contribution in [0.2, 0.25) is 0 Å². The fourth-order valence-corrected chi connectivity index (χ4v) is 9.33. The van der Waals surface area contributed by atoms with Crippen molar-refractivity contribution < 1.29 is 49.0 Å². The second kappa shape index (κ2) is 11.4. The summed E-state index contributed by atoms with van der Waals surface area (Å²) in [5, 5.41) is 49.9. The van der Waals surface area contributed by atoms with Crippen molar-refractivity contribution in [3.8, 4) is 0 Å². The first-order chi connectivity index (χ1) is 21.6. The van der Waals surface area contributed by atoms with Gasteiger partial charge in [0, 0.05) is 34.0 Å². The molecule has 248 valence electrons. The van der Waals surface area contributed by atoms with E-state index in [0.29, 0.717) is 12.0 Å². The molecule has 2 bridgehead atoms. The molecule has 11 heteroatoms. The highest BCUT2D eigenvalue weighted by Crippen LogP contribution is 2.63. The molecule has 10 nitrogen and oxygen atoms in total. The monoisotopic (exact) mass is 654 g/mol. The number of carbonyl (C=O) groups is 3. The van der Waals surface area contributed by atoms with Gasteiger partial charge < -0.3 is 34.6 Å². The van der Waals surface area contributed by atoms with Gasteiger partial charge in [0.15, 0.2) is 11.9 Å². The average molecular weight is 655 g/mol. The van der Waals surface area contributed by atoms with E-state index in [1.807, 2.05) is 11.4 Å². The van der Waals surface area contributed by atoms with Crippen LogP contribution in [0, 0.1) is 16.7 Å². The van der Waals surface area contributed by atoms with Crippen LogP contribution in [-0.2, 0) is 23.8 Å². The van der Waals surface area contributed by atoms with E-state index in [-0.39, 0.29) is 30.6 Å². The van der Waals surface area contributed by atoms with Gasteiger partial charge in [-0.15, -0.1) is 11.3 Å². The zero-order valence-electron chi connectivity index (χ0n) is 26.6. The van der Waals surface area contributed by atoms with Crippen LogP contribution in [-0.4, -0.2) is 86.5 Å². The molecule has 1 aromatic heterocycles. The van der Waals surface area contributed by atoms with Crippen LogP contribution in [0.5, 0.6) is 0 Å². The molecule has 1 aromatic carbocycles. The number of fused-ring (bicyclic) bond motifs is 5. The van der Waals surface area contributed by atoms with Crippen molar-refractivity contribution in [2.75, 3.05) is 6.61 Å². The van der Waals surface area contributed by atoms with E-state index in [9.17, 15) is 34.8 Å². The van der Waals surface area contributed by atoms with Crippen LogP contribution < -0.4 is 0 Å². The smallest absolute Gasteiger partial charge is 0.338 e. The van der Waals surface area contributed by atoms with Crippen LogP contribution in [0.15, 0.2) is 59.0 Å². The minimum atomic E-state index is -2.07. The summed E-state index contributed by atoms with van der Waals surface area (Å²) in [6, 6.07) is 11.8. The molecule has 2 aromatic rings. The summed E-state index contributed by atoms with van der Waals surface area (Å²) in [4.78, 5) is 42.4. The molecule has 1 saturated heterocycles. The highest BCUT2D eigenvalue weighted by Gasteiger charge is 2.74.